The lowest BCUT2D eigenvalue weighted by Crippen LogP contribution is -2.40. The molecule has 0 aliphatic heterocycles. The zero-order valence-electron chi connectivity index (χ0n) is 14.9. The van der Waals surface area contributed by atoms with E-state index in [0.717, 1.165) is 28.3 Å². The smallest absolute Gasteiger partial charge is 0.246 e. The summed E-state index contributed by atoms with van der Waals surface area (Å²) in [6.07, 6.45) is 0.966. The second-order valence-electron chi connectivity index (χ2n) is 5.90. The van der Waals surface area contributed by atoms with Crippen LogP contribution in [0.15, 0.2) is 59.1 Å². The number of nitrogens with one attached hydrogen (secondary N) is 1. The van der Waals surface area contributed by atoms with Crippen LogP contribution in [0.5, 0.6) is 0 Å². The van der Waals surface area contributed by atoms with Crippen LogP contribution in [0, 0.1) is 5.82 Å². The van der Waals surface area contributed by atoms with Crippen LogP contribution in [0.2, 0.25) is 0 Å². The molecule has 2 aromatic carbocycles. The van der Waals surface area contributed by atoms with Crippen LogP contribution in [0.1, 0.15) is 5.89 Å². The molecular formula is C18H17FN4O4S. The Hall–Kier alpha value is -3.27. The standard InChI is InChI=1S/C18H17FN4O4S/c1-28(25,26)23(15-9-7-14(19)8-10-15)12-16(24)20-11-17-21-18(22-27-17)13-5-3-2-4-6-13/h2-10H,11-12H2,1H3,(H,20,24). The Kier molecular flexibility index (Phi) is 5.69. The fraction of sp³-hybridized carbons (Fsp3) is 0.167. The summed E-state index contributed by atoms with van der Waals surface area (Å²) < 4.78 is 43.0. The molecule has 10 heteroatoms. The number of benzene rings is 2. The number of halogens is 1. The van der Waals surface area contributed by atoms with Gasteiger partial charge in [-0.2, -0.15) is 4.98 Å². The summed E-state index contributed by atoms with van der Waals surface area (Å²) >= 11 is 0. The Morgan fingerprint density at radius 3 is 2.46 bits per heavy atom. The average molecular weight is 404 g/mol. The highest BCUT2D eigenvalue weighted by Crippen LogP contribution is 2.18. The van der Waals surface area contributed by atoms with Crippen molar-refractivity contribution in [3.8, 4) is 11.4 Å². The zero-order valence-corrected chi connectivity index (χ0v) is 15.7. The number of carbonyl (C=O) groups is 1. The molecule has 28 heavy (non-hydrogen) atoms. The molecule has 0 spiro atoms. The van der Waals surface area contributed by atoms with E-state index >= 15 is 0 Å². The zero-order chi connectivity index (χ0) is 20.1. The van der Waals surface area contributed by atoms with Crippen molar-refractivity contribution in [1.82, 2.24) is 15.5 Å². The highest BCUT2D eigenvalue weighted by molar-refractivity contribution is 7.92. The number of carbonyl (C=O) groups excluding carboxylic acids is 1. The number of hydrogen-bond acceptors (Lipinski definition) is 6. The van der Waals surface area contributed by atoms with Gasteiger partial charge in [-0.3, -0.25) is 9.10 Å². The maximum absolute atomic E-state index is 13.1. The Labute approximate surface area is 161 Å². The number of nitrogens with zero attached hydrogens (tertiary/aromatic N) is 3. The van der Waals surface area contributed by atoms with Crippen molar-refractivity contribution in [2.24, 2.45) is 0 Å². The van der Waals surface area contributed by atoms with Gasteiger partial charge in [0.2, 0.25) is 27.6 Å². The molecule has 0 fully saturated rings. The van der Waals surface area contributed by atoms with E-state index in [9.17, 15) is 17.6 Å². The van der Waals surface area contributed by atoms with Crippen LogP contribution in [0.25, 0.3) is 11.4 Å². The van der Waals surface area contributed by atoms with Gasteiger partial charge >= 0.3 is 0 Å². The summed E-state index contributed by atoms with van der Waals surface area (Å²) in [5, 5.41) is 6.37. The van der Waals surface area contributed by atoms with Gasteiger partial charge in [0, 0.05) is 5.56 Å². The number of hydrogen-bond donors (Lipinski definition) is 1. The Morgan fingerprint density at radius 2 is 1.82 bits per heavy atom. The first-order valence-electron chi connectivity index (χ1n) is 8.21. The van der Waals surface area contributed by atoms with Crippen LogP contribution >= 0.6 is 0 Å². The second kappa shape index (κ2) is 8.17. The minimum atomic E-state index is -3.74. The lowest BCUT2D eigenvalue weighted by atomic mass is 10.2. The maximum atomic E-state index is 13.1. The molecule has 0 radical (unpaired) electrons. The summed E-state index contributed by atoms with van der Waals surface area (Å²) in [6, 6.07) is 14.0. The summed E-state index contributed by atoms with van der Waals surface area (Å²) in [4.78, 5) is 16.4. The first-order valence-corrected chi connectivity index (χ1v) is 10.1. The van der Waals surface area contributed by atoms with Gasteiger partial charge in [-0.05, 0) is 24.3 Å². The summed E-state index contributed by atoms with van der Waals surface area (Å²) in [7, 11) is -3.74. The van der Waals surface area contributed by atoms with E-state index in [-0.39, 0.29) is 18.1 Å². The molecule has 0 saturated heterocycles. The highest BCUT2D eigenvalue weighted by atomic mass is 32.2. The molecule has 0 atom stereocenters. The monoisotopic (exact) mass is 404 g/mol. The Balaban J connectivity index is 1.64. The van der Waals surface area contributed by atoms with Crippen molar-refractivity contribution in [3.05, 3.63) is 66.3 Å². The molecule has 3 aromatic rings. The van der Waals surface area contributed by atoms with Crippen LogP contribution in [0.3, 0.4) is 0 Å². The topological polar surface area (TPSA) is 105 Å². The number of anilines is 1. The third-order valence-corrected chi connectivity index (χ3v) is 4.88. The largest absolute Gasteiger partial charge is 0.345 e. The van der Waals surface area contributed by atoms with Gasteiger partial charge < -0.3 is 9.84 Å². The molecule has 0 aliphatic rings. The van der Waals surface area contributed by atoms with Gasteiger partial charge in [0.05, 0.1) is 18.5 Å². The van der Waals surface area contributed by atoms with E-state index in [0.29, 0.717) is 5.82 Å². The minimum absolute atomic E-state index is 0.0559. The fourth-order valence-corrected chi connectivity index (χ4v) is 3.26. The van der Waals surface area contributed by atoms with Crippen LogP contribution < -0.4 is 9.62 Å². The lowest BCUT2D eigenvalue weighted by molar-refractivity contribution is -0.119. The van der Waals surface area contributed by atoms with Gasteiger partial charge in [0.1, 0.15) is 12.4 Å². The quantitative estimate of drug-likeness (QED) is 0.645. The first-order chi connectivity index (χ1) is 13.3. The average Bonchev–Trinajstić information content (AvgIpc) is 3.14. The van der Waals surface area contributed by atoms with Gasteiger partial charge in [-0.15, -0.1) is 0 Å². The molecule has 146 valence electrons. The number of aromatic nitrogens is 2. The molecule has 3 rings (SSSR count). The normalized spacial score (nSPS) is 11.2. The van der Waals surface area contributed by atoms with Crippen molar-refractivity contribution in [3.63, 3.8) is 0 Å². The molecule has 0 unspecified atom stereocenters. The van der Waals surface area contributed by atoms with Crippen molar-refractivity contribution in [1.29, 1.82) is 0 Å². The predicted octanol–water partition coefficient (Wildman–Crippen LogP) is 1.96. The van der Waals surface area contributed by atoms with Gasteiger partial charge in [-0.25, -0.2) is 12.8 Å². The summed E-state index contributed by atoms with van der Waals surface area (Å²) in [5.74, 6) is -0.518. The van der Waals surface area contributed by atoms with Gasteiger partial charge in [0.25, 0.3) is 0 Å². The van der Waals surface area contributed by atoms with Crippen molar-refractivity contribution in [2.45, 2.75) is 6.54 Å². The molecule has 1 amide bonds. The molecule has 1 aromatic heterocycles. The first kappa shape index (κ1) is 19.5. The van der Waals surface area contributed by atoms with E-state index in [4.69, 9.17) is 4.52 Å². The molecule has 1 heterocycles. The highest BCUT2D eigenvalue weighted by Gasteiger charge is 2.21. The molecule has 0 bridgehead atoms. The third kappa shape index (κ3) is 4.92. The molecule has 8 nitrogen and oxygen atoms in total. The fourth-order valence-electron chi connectivity index (χ4n) is 2.40. The third-order valence-electron chi connectivity index (χ3n) is 3.74. The van der Waals surface area contributed by atoms with Crippen molar-refractivity contribution in [2.75, 3.05) is 17.1 Å². The number of sulfonamides is 1. The SMILES string of the molecule is CS(=O)(=O)N(CC(=O)NCc1nc(-c2ccccc2)no1)c1ccc(F)cc1. The van der Waals surface area contributed by atoms with Crippen LogP contribution in [-0.4, -0.2) is 37.3 Å². The van der Waals surface area contributed by atoms with E-state index in [1.807, 2.05) is 30.3 Å². The van der Waals surface area contributed by atoms with Crippen molar-refractivity contribution >= 4 is 21.6 Å². The second-order valence-corrected chi connectivity index (χ2v) is 7.81. The van der Waals surface area contributed by atoms with E-state index in [1.54, 1.807) is 0 Å². The van der Waals surface area contributed by atoms with E-state index in [2.05, 4.69) is 15.5 Å². The van der Waals surface area contributed by atoms with Gasteiger partial charge in [0.15, 0.2) is 0 Å². The molecule has 0 saturated carbocycles. The van der Waals surface area contributed by atoms with E-state index < -0.39 is 28.3 Å². The minimum Gasteiger partial charge on any atom is -0.345 e. The number of rotatable bonds is 7. The Bertz CT molecular complexity index is 1050. The molecular weight excluding hydrogens is 387 g/mol. The van der Waals surface area contributed by atoms with Gasteiger partial charge in [-0.1, -0.05) is 35.5 Å². The number of amides is 1. The molecule has 0 aliphatic carbocycles. The van der Waals surface area contributed by atoms with Crippen LogP contribution in [-0.2, 0) is 21.4 Å². The predicted molar refractivity (Wildman–Crippen MR) is 100 cm³/mol. The van der Waals surface area contributed by atoms with Crippen LogP contribution in [0.4, 0.5) is 10.1 Å². The Morgan fingerprint density at radius 1 is 1.14 bits per heavy atom. The lowest BCUT2D eigenvalue weighted by Gasteiger charge is -2.21. The van der Waals surface area contributed by atoms with Crippen molar-refractivity contribution < 1.29 is 22.1 Å². The molecule has 1 N–H and O–H groups in total. The summed E-state index contributed by atoms with van der Waals surface area (Å²) in [6.45, 7) is -0.524. The van der Waals surface area contributed by atoms with E-state index in [1.165, 1.54) is 12.1 Å². The maximum Gasteiger partial charge on any atom is 0.246 e. The summed E-state index contributed by atoms with van der Waals surface area (Å²) in [5.41, 5.74) is 0.951.